The number of aromatic nitrogens is 2. The minimum atomic E-state index is -0.111. The minimum Gasteiger partial charge on any atom is -0.370 e. The van der Waals surface area contributed by atoms with Gasteiger partial charge >= 0.3 is 0 Å². The lowest BCUT2D eigenvalue weighted by Gasteiger charge is -2.19. The molecule has 21 heavy (non-hydrogen) atoms. The Morgan fingerprint density at radius 2 is 1.86 bits per heavy atom. The molecule has 0 spiro atoms. The lowest BCUT2D eigenvalue weighted by atomic mass is 9.95. The topological polar surface area (TPSA) is 37.8 Å². The van der Waals surface area contributed by atoms with Crippen molar-refractivity contribution in [3.05, 3.63) is 41.2 Å². The molecule has 0 aliphatic carbocycles. The molecule has 1 aromatic carbocycles. The van der Waals surface area contributed by atoms with Crippen LogP contribution >= 0.6 is 11.6 Å². The van der Waals surface area contributed by atoms with Crippen LogP contribution in [0.1, 0.15) is 39.9 Å². The van der Waals surface area contributed by atoms with Crippen LogP contribution in [0.25, 0.3) is 11.3 Å². The predicted octanol–water partition coefficient (Wildman–Crippen LogP) is 4.92. The Morgan fingerprint density at radius 1 is 1.14 bits per heavy atom. The predicted molar refractivity (Wildman–Crippen MR) is 90.0 cm³/mol. The first-order chi connectivity index (χ1) is 9.91. The number of benzene rings is 1. The summed E-state index contributed by atoms with van der Waals surface area (Å²) in [7, 11) is 0. The van der Waals surface area contributed by atoms with Crippen LogP contribution in [0.2, 0.25) is 5.02 Å². The molecular formula is C17H22ClN3. The Balaban J connectivity index is 2.52. The second kappa shape index (κ2) is 6.44. The van der Waals surface area contributed by atoms with E-state index in [1.807, 2.05) is 30.3 Å². The highest BCUT2D eigenvalue weighted by Crippen LogP contribution is 2.29. The number of halogens is 1. The van der Waals surface area contributed by atoms with Crippen molar-refractivity contribution in [3.63, 3.8) is 0 Å². The SMILES string of the molecule is CCCNc1cc(-c2ccccc2Cl)nc(C(C)(C)C)n1. The summed E-state index contributed by atoms with van der Waals surface area (Å²) >= 11 is 6.30. The van der Waals surface area contributed by atoms with Crippen LogP contribution in [0, 0.1) is 0 Å². The molecule has 1 N–H and O–H groups in total. The zero-order chi connectivity index (χ0) is 15.5. The largest absolute Gasteiger partial charge is 0.370 e. The monoisotopic (exact) mass is 303 g/mol. The van der Waals surface area contributed by atoms with Gasteiger partial charge in [-0.05, 0) is 12.5 Å². The molecule has 0 fully saturated rings. The Morgan fingerprint density at radius 3 is 2.48 bits per heavy atom. The highest BCUT2D eigenvalue weighted by molar-refractivity contribution is 6.33. The van der Waals surface area contributed by atoms with Gasteiger partial charge in [0.15, 0.2) is 0 Å². The second-order valence-corrected chi connectivity index (χ2v) is 6.53. The van der Waals surface area contributed by atoms with E-state index in [4.69, 9.17) is 16.6 Å². The maximum atomic E-state index is 6.30. The van der Waals surface area contributed by atoms with Crippen molar-refractivity contribution in [3.8, 4) is 11.3 Å². The van der Waals surface area contributed by atoms with Crippen LogP contribution < -0.4 is 5.32 Å². The molecule has 0 amide bonds. The third-order valence-electron chi connectivity index (χ3n) is 3.10. The summed E-state index contributed by atoms with van der Waals surface area (Å²) < 4.78 is 0. The van der Waals surface area contributed by atoms with Gasteiger partial charge in [0.05, 0.1) is 5.69 Å². The quantitative estimate of drug-likeness (QED) is 0.871. The maximum absolute atomic E-state index is 6.30. The summed E-state index contributed by atoms with van der Waals surface area (Å²) in [4.78, 5) is 9.34. The maximum Gasteiger partial charge on any atom is 0.136 e. The molecule has 0 bridgehead atoms. The van der Waals surface area contributed by atoms with Crippen LogP contribution in [0.15, 0.2) is 30.3 Å². The van der Waals surface area contributed by atoms with Crippen LogP contribution in [-0.2, 0) is 5.41 Å². The molecule has 0 aliphatic rings. The lowest BCUT2D eigenvalue weighted by Crippen LogP contribution is -2.18. The number of rotatable bonds is 4. The molecule has 0 aliphatic heterocycles. The van der Waals surface area contributed by atoms with Gasteiger partial charge < -0.3 is 5.32 Å². The standard InChI is InChI=1S/C17H22ClN3/c1-5-10-19-15-11-14(12-8-6-7-9-13(12)18)20-16(21-15)17(2,3)4/h6-9,11H,5,10H2,1-4H3,(H,19,20,21). The second-order valence-electron chi connectivity index (χ2n) is 6.12. The van der Waals surface area contributed by atoms with E-state index < -0.39 is 0 Å². The van der Waals surface area contributed by atoms with Crippen molar-refractivity contribution in [1.29, 1.82) is 0 Å². The Hall–Kier alpha value is -1.61. The number of hydrogen-bond acceptors (Lipinski definition) is 3. The van der Waals surface area contributed by atoms with Gasteiger partial charge in [0.25, 0.3) is 0 Å². The lowest BCUT2D eigenvalue weighted by molar-refractivity contribution is 0.546. The van der Waals surface area contributed by atoms with E-state index in [0.717, 1.165) is 35.9 Å². The molecule has 0 radical (unpaired) electrons. The molecule has 2 rings (SSSR count). The van der Waals surface area contributed by atoms with Crippen LogP contribution in [-0.4, -0.2) is 16.5 Å². The van der Waals surface area contributed by atoms with Crippen LogP contribution in [0.4, 0.5) is 5.82 Å². The van der Waals surface area contributed by atoms with Gasteiger partial charge in [-0.15, -0.1) is 0 Å². The Kier molecular flexibility index (Phi) is 4.84. The van der Waals surface area contributed by atoms with Crippen molar-refractivity contribution >= 4 is 17.4 Å². The zero-order valence-corrected chi connectivity index (χ0v) is 13.8. The van der Waals surface area contributed by atoms with E-state index in [-0.39, 0.29) is 5.41 Å². The van der Waals surface area contributed by atoms with Crippen molar-refractivity contribution < 1.29 is 0 Å². The number of hydrogen-bond donors (Lipinski definition) is 1. The molecule has 2 aromatic rings. The molecule has 1 heterocycles. The number of anilines is 1. The third kappa shape index (κ3) is 3.94. The van der Waals surface area contributed by atoms with E-state index in [1.54, 1.807) is 0 Å². The highest BCUT2D eigenvalue weighted by atomic mass is 35.5. The first-order valence-corrected chi connectivity index (χ1v) is 7.68. The van der Waals surface area contributed by atoms with Gasteiger partial charge in [-0.1, -0.05) is 57.5 Å². The van der Waals surface area contributed by atoms with Gasteiger partial charge in [-0.25, -0.2) is 9.97 Å². The number of nitrogens with one attached hydrogen (secondary N) is 1. The van der Waals surface area contributed by atoms with Gasteiger partial charge in [-0.3, -0.25) is 0 Å². The first kappa shape index (κ1) is 15.8. The molecule has 0 saturated carbocycles. The van der Waals surface area contributed by atoms with Gasteiger partial charge in [0, 0.05) is 28.6 Å². The summed E-state index contributed by atoms with van der Waals surface area (Å²) in [5.74, 6) is 1.67. The molecule has 1 aromatic heterocycles. The van der Waals surface area contributed by atoms with Gasteiger partial charge in [0.2, 0.25) is 0 Å². The van der Waals surface area contributed by atoms with E-state index in [1.165, 1.54) is 0 Å². The van der Waals surface area contributed by atoms with Gasteiger partial charge in [-0.2, -0.15) is 0 Å². The average Bonchev–Trinajstić information content (AvgIpc) is 2.44. The molecule has 0 atom stereocenters. The summed E-state index contributed by atoms with van der Waals surface area (Å²) in [6.45, 7) is 9.36. The summed E-state index contributed by atoms with van der Waals surface area (Å²) in [6.07, 6.45) is 1.05. The van der Waals surface area contributed by atoms with Gasteiger partial charge in [0.1, 0.15) is 11.6 Å². The highest BCUT2D eigenvalue weighted by Gasteiger charge is 2.20. The van der Waals surface area contributed by atoms with E-state index in [2.05, 4.69) is 38.0 Å². The molecule has 112 valence electrons. The fraction of sp³-hybridized carbons (Fsp3) is 0.412. The van der Waals surface area contributed by atoms with Crippen molar-refractivity contribution in [2.45, 2.75) is 39.5 Å². The van der Waals surface area contributed by atoms with Crippen molar-refractivity contribution in [1.82, 2.24) is 9.97 Å². The van der Waals surface area contributed by atoms with E-state index >= 15 is 0 Å². The first-order valence-electron chi connectivity index (χ1n) is 7.30. The average molecular weight is 304 g/mol. The molecule has 4 heteroatoms. The normalized spacial score (nSPS) is 11.5. The fourth-order valence-corrected chi connectivity index (χ4v) is 2.17. The Bertz CT molecular complexity index is 618. The van der Waals surface area contributed by atoms with Crippen molar-refractivity contribution in [2.24, 2.45) is 0 Å². The molecular weight excluding hydrogens is 282 g/mol. The molecule has 0 saturated heterocycles. The van der Waals surface area contributed by atoms with Crippen LogP contribution in [0.3, 0.4) is 0 Å². The van der Waals surface area contributed by atoms with E-state index in [0.29, 0.717) is 5.02 Å². The molecule has 0 unspecified atom stereocenters. The summed E-state index contributed by atoms with van der Waals surface area (Å²) in [5, 5.41) is 4.05. The summed E-state index contributed by atoms with van der Waals surface area (Å²) in [5.41, 5.74) is 1.69. The molecule has 3 nitrogen and oxygen atoms in total. The van der Waals surface area contributed by atoms with Crippen LogP contribution in [0.5, 0.6) is 0 Å². The Labute approximate surface area is 131 Å². The number of nitrogens with zero attached hydrogens (tertiary/aromatic N) is 2. The third-order valence-corrected chi connectivity index (χ3v) is 3.43. The van der Waals surface area contributed by atoms with E-state index in [9.17, 15) is 0 Å². The minimum absolute atomic E-state index is 0.111. The zero-order valence-electron chi connectivity index (χ0n) is 13.1. The summed E-state index contributed by atoms with van der Waals surface area (Å²) in [6, 6.07) is 9.73. The van der Waals surface area contributed by atoms with Crippen molar-refractivity contribution in [2.75, 3.05) is 11.9 Å². The fourth-order valence-electron chi connectivity index (χ4n) is 1.93. The smallest absolute Gasteiger partial charge is 0.136 e.